The van der Waals surface area contributed by atoms with Crippen molar-refractivity contribution in [1.29, 1.82) is 5.26 Å². The summed E-state index contributed by atoms with van der Waals surface area (Å²) in [6, 6.07) is 29.8. The first-order chi connectivity index (χ1) is 18.0. The molecule has 1 N–H and O–H groups in total. The molecule has 1 fully saturated rings. The number of likely N-dealkylation sites (tertiary alicyclic amines) is 1. The van der Waals surface area contributed by atoms with E-state index in [1.54, 1.807) is 0 Å². The van der Waals surface area contributed by atoms with Gasteiger partial charge in [0.05, 0.1) is 10.4 Å². The highest BCUT2D eigenvalue weighted by atomic mass is 79.9. The second-order valence-corrected chi connectivity index (χ2v) is 12.3. The van der Waals surface area contributed by atoms with Crippen LogP contribution in [0.25, 0.3) is 0 Å². The summed E-state index contributed by atoms with van der Waals surface area (Å²) in [6.07, 6.45) is 3.71. The number of fused-ring (bicyclic) bond motifs is 1. The van der Waals surface area contributed by atoms with E-state index in [-0.39, 0.29) is 11.8 Å². The molecule has 5 heteroatoms. The van der Waals surface area contributed by atoms with Crippen molar-refractivity contribution in [2.75, 3.05) is 19.6 Å². The van der Waals surface area contributed by atoms with Crippen molar-refractivity contribution in [2.24, 2.45) is 11.3 Å². The SMILES string of the molecule is N#CC1(C(=O)NCCC2CCN(Cc3ccccc3)CC2)CC2(Br)c3ccccc3C1c1ccccc12. The molecule has 3 aromatic carbocycles. The van der Waals surface area contributed by atoms with Gasteiger partial charge in [-0.25, -0.2) is 0 Å². The second kappa shape index (κ2) is 9.74. The zero-order chi connectivity index (χ0) is 25.5. The van der Waals surface area contributed by atoms with E-state index in [1.165, 1.54) is 16.7 Å². The van der Waals surface area contributed by atoms with Gasteiger partial charge in [-0.3, -0.25) is 9.69 Å². The highest BCUT2D eigenvalue weighted by Crippen LogP contribution is 2.65. The lowest BCUT2D eigenvalue weighted by Gasteiger charge is -2.53. The average molecular weight is 555 g/mol. The number of hydrogen-bond donors (Lipinski definition) is 1. The third-order valence-corrected chi connectivity index (χ3v) is 9.95. The molecule has 1 amide bonds. The van der Waals surface area contributed by atoms with Crippen LogP contribution in [0.1, 0.15) is 59.4 Å². The van der Waals surface area contributed by atoms with Crippen LogP contribution in [0.5, 0.6) is 0 Å². The number of piperidine rings is 1. The van der Waals surface area contributed by atoms with Gasteiger partial charge in [0.2, 0.25) is 5.91 Å². The molecule has 4 aliphatic rings. The Morgan fingerprint density at radius 3 is 2.16 bits per heavy atom. The van der Waals surface area contributed by atoms with Crippen LogP contribution in [0.3, 0.4) is 0 Å². The minimum Gasteiger partial charge on any atom is -0.355 e. The summed E-state index contributed by atoms with van der Waals surface area (Å²) in [4.78, 5) is 16.4. The van der Waals surface area contributed by atoms with Crippen LogP contribution in [0.2, 0.25) is 0 Å². The van der Waals surface area contributed by atoms with Crippen molar-refractivity contribution < 1.29 is 4.79 Å². The maximum absolute atomic E-state index is 13.8. The molecule has 0 aromatic heterocycles. The van der Waals surface area contributed by atoms with Crippen molar-refractivity contribution in [3.05, 3.63) is 107 Å². The van der Waals surface area contributed by atoms with Crippen LogP contribution in [0.15, 0.2) is 78.9 Å². The summed E-state index contributed by atoms with van der Waals surface area (Å²) in [5, 5.41) is 13.8. The fraction of sp³-hybridized carbons (Fsp3) is 0.375. The molecule has 0 radical (unpaired) electrons. The number of halogens is 1. The van der Waals surface area contributed by atoms with Crippen LogP contribution >= 0.6 is 15.9 Å². The fourth-order valence-electron chi connectivity index (χ4n) is 6.93. The molecule has 1 unspecified atom stereocenters. The summed E-state index contributed by atoms with van der Waals surface area (Å²) in [5.41, 5.74) is 4.77. The van der Waals surface area contributed by atoms with E-state index in [0.29, 0.717) is 18.9 Å². The molecule has 1 atom stereocenters. The first-order valence-electron chi connectivity index (χ1n) is 13.4. The summed E-state index contributed by atoms with van der Waals surface area (Å²) < 4.78 is -0.534. The second-order valence-electron chi connectivity index (χ2n) is 10.9. The highest BCUT2D eigenvalue weighted by Gasteiger charge is 2.62. The van der Waals surface area contributed by atoms with E-state index in [0.717, 1.165) is 50.0 Å². The lowest BCUT2D eigenvalue weighted by Crippen LogP contribution is -2.54. The fourth-order valence-corrected chi connectivity index (χ4v) is 8.09. The number of alkyl halides is 1. The van der Waals surface area contributed by atoms with Gasteiger partial charge in [0.15, 0.2) is 0 Å². The first-order valence-corrected chi connectivity index (χ1v) is 14.2. The molecule has 0 spiro atoms. The smallest absolute Gasteiger partial charge is 0.241 e. The van der Waals surface area contributed by atoms with Crippen molar-refractivity contribution in [3.8, 4) is 6.07 Å². The van der Waals surface area contributed by atoms with Crippen molar-refractivity contribution in [3.63, 3.8) is 0 Å². The molecule has 7 rings (SSSR count). The van der Waals surface area contributed by atoms with Gasteiger partial charge in [-0.05, 0) is 72.5 Å². The van der Waals surface area contributed by atoms with Gasteiger partial charge in [0.25, 0.3) is 0 Å². The summed E-state index contributed by atoms with van der Waals surface area (Å²) in [7, 11) is 0. The number of amides is 1. The third kappa shape index (κ3) is 4.11. The number of benzene rings is 3. The Kier molecular flexibility index (Phi) is 6.42. The molecule has 1 heterocycles. The van der Waals surface area contributed by atoms with E-state index in [1.807, 2.05) is 24.3 Å². The van der Waals surface area contributed by atoms with Crippen LogP contribution < -0.4 is 5.32 Å². The zero-order valence-electron chi connectivity index (χ0n) is 21.0. The minimum atomic E-state index is -1.13. The minimum absolute atomic E-state index is 0.130. The molecule has 37 heavy (non-hydrogen) atoms. The largest absolute Gasteiger partial charge is 0.355 e. The van der Waals surface area contributed by atoms with Crippen molar-refractivity contribution >= 4 is 21.8 Å². The number of nitrogens with one attached hydrogen (secondary N) is 1. The summed E-state index contributed by atoms with van der Waals surface area (Å²) >= 11 is 4.04. The number of hydrogen-bond acceptors (Lipinski definition) is 3. The maximum atomic E-state index is 13.8. The Labute approximate surface area is 227 Å². The van der Waals surface area contributed by atoms with Gasteiger partial charge < -0.3 is 5.32 Å². The Bertz CT molecular complexity index is 1290. The number of rotatable bonds is 6. The monoisotopic (exact) mass is 553 g/mol. The van der Waals surface area contributed by atoms with Crippen LogP contribution in [-0.4, -0.2) is 30.4 Å². The highest BCUT2D eigenvalue weighted by molar-refractivity contribution is 9.09. The van der Waals surface area contributed by atoms with E-state index < -0.39 is 9.74 Å². The Morgan fingerprint density at radius 2 is 1.54 bits per heavy atom. The molecule has 2 bridgehead atoms. The van der Waals surface area contributed by atoms with E-state index in [9.17, 15) is 10.1 Å². The quantitative estimate of drug-likeness (QED) is 0.375. The number of nitriles is 1. The van der Waals surface area contributed by atoms with Crippen LogP contribution in [0, 0.1) is 22.7 Å². The lowest BCUT2D eigenvalue weighted by molar-refractivity contribution is -0.130. The van der Waals surface area contributed by atoms with E-state index >= 15 is 0 Å². The third-order valence-electron chi connectivity index (χ3n) is 8.81. The van der Waals surface area contributed by atoms with Gasteiger partial charge in [0, 0.05) is 19.0 Å². The van der Waals surface area contributed by atoms with Gasteiger partial charge >= 0.3 is 0 Å². The van der Waals surface area contributed by atoms with Crippen molar-refractivity contribution in [1.82, 2.24) is 10.2 Å². The standard InChI is InChI=1S/C32H32BrN3O/c33-32-21-31(22-34,29(25-10-4-6-12-27(25)32)26-11-5-7-13-28(26)32)30(37)35-17-14-23-15-18-36(19-16-23)20-24-8-2-1-3-9-24/h1-13,23,29H,14-21H2,(H,35,37). The van der Waals surface area contributed by atoms with Gasteiger partial charge in [-0.15, -0.1) is 0 Å². The lowest BCUT2D eigenvalue weighted by atomic mass is 9.52. The molecule has 4 nitrogen and oxygen atoms in total. The van der Waals surface area contributed by atoms with Crippen molar-refractivity contribution in [2.45, 2.75) is 42.5 Å². The normalized spacial score (nSPS) is 26.6. The molecule has 188 valence electrons. The number of nitrogens with zero attached hydrogens (tertiary/aromatic N) is 2. The molecular weight excluding hydrogens is 522 g/mol. The predicted octanol–water partition coefficient (Wildman–Crippen LogP) is 6.10. The molecular formula is C32H32BrN3O. The Morgan fingerprint density at radius 1 is 0.946 bits per heavy atom. The maximum Gasteiger partial charge on any atom is 0.241 e. The summed E-state index contributed by atoms with van der Waals surface area (Å²) in [5.74, 6) is 0.219. The first kappa shape index (κ1) is 24.4. The Balaban J connectivity index is 1.13. The van der Waals surface area contributed by atoms with E-state index in [2.05, 4.69) is 86.8 Å². The van der Waals surface area contributed by atoms with Crippen LogP contribution in [0.4, 0.5) is 0 Å². The number of carbonyl (C=O) groups excluding carboxylic acids is 1. The van der Waals surface area contributed by atoms with Gasteiger partial charge in [-0.2, -0.15) is 5.26 Å². The molecule has 1 aliphatic heterocycles. The topological polar surface area (TPSA) is 56.1 Å². The summed E-state index contributed by atoms with van der Waals surface area (Å²) in [6.45, 7) is 3.82. The zero-order valence-corrected chi connectivity index (χ0v) is 22.6. The molecule has 3 aromatic rings. The van der Waals surface area contributed by atoms with Gasteiger partial charge in [-0.1, -0.05) is 94.8 Å². The Hall–Kier alpha value is -2.94. The molecule has 3 aliphatic carbocycles. The van der Waals surface area contributed by atoms with Crippen LogP contribution in [-0.2, 0) is 15.7 Å². The number of carbonyl (C=O) groups is 1. The molecule has 1 saturated heterocycles. The average Bonchev–Trinajstić information content (AvgIpc) is 2.94. The van der Waals surface area contributed by atoms with E-state index in [4.69, 9.17) is 0 Å². The predicted molar refractivity (Wildman–Crippen MR) is 149 cm³/mol. The van der Waals surface area contributed by atoms with Gasteiger partial charge in [0.1, 0.15) is 5.41 Å². The molecule has 0 saturated carbocycles.